The maximum atomic E-state index is 12.0. The van der Waals surface area contributed by atoms with Gasteiger partial charge in [-0.05, 0) is 74.3 Å². The zero-order chi connectivity index (χ0) is 19.8. The Bertz CT molecular complexity index is 727. The number of nitrogens with one attached hydrogen (secondary N) is 1. The Balaban J connectivity index is 1.92. The molecule has 4 heteroatoms. The fraction of sp³-hybridized carbons (Fsp3) is 0.609. The maximum Gasteiger partial charge on any atom is 0.249 e. The van der Waals surface area contributed by atoms with E-state index in [1.807, 2.05) is 6.07 Å². The molecule has 3 unspecified atom stereocenters. The van der Waals surface area contributed by atoms with Gasteiger partial charge in [0.1, 0.15) is 0 Å². The molecular weight excluding hydrogens is 334 g/mol. The molecule has 1 fully saturated rings. The molecule has 3 atom stereocenters. The van der Waals surface area contributed by atoms with E-state index in [9.17, 15) is 4.79 Å². The predicted molar refractivity (Wildman–Crippen MR) is 113 cm³/mol. The standard InChI is InChI=1S/C23H35N3O/c1-15-13-26(14-16(2)25-15)17(3)19-6-7-20(22(24)27)21(12-19)18-8-10-23(4,5)11-9-18/h6-8,12,15-17,25H,9-11,13-14H2,1-5H3,(H2,24,27). The Morgan fingerprint density at radius 1 is 1.26 bits per heavy atom. The van der Waals surface area contributed by atoms with Crippen LogP contribution in [0.5, 0.6) is 0 Å². The average molecular weight is 370 g/mol. The minimum atomic E-state index is -0.334. The molecule has 1 aliphatic heterocycles. The Kier molecular flexibility index (Phi) is 5.78. The van der Waals surface area contributed by atoms with Gasteiger partial charge in [-0.1, -0.05) is 26.0 Å². The molecule has 4 nitrogen and oxygen atoms in total. The summed E-state index contributed by atoms with van der Waals surface area (Å²) in [7, 11) is 0. The van der Waals surface area contributed by atoms with Crippen LogP contribution in [0, 0.1) is 5.41 Å². The quantitative estimate of drug-likeness (QED) is 0.839. The molecule has 1 saturated heterocycles. The van der Waals surface area contributed by atoms with E-state index in [1.54, 1.807) is 0 Å². The van der Waals surface area contributed by atoms with Gasteiger partial charge in [0.2, 0.25) is 5.91 Å². The minimum Gasteiger partial charge on any atom is -0.366 e. The third-order valence-corrected chi connectivity index (χ3v) is 6.24. The lowest BCUT2D eigenvalue weighted by molar-refractivity contribution is 0.1000. The zero-order valence-electron chi connectivity index (χ0n) is 17.5. The van der Waals surface area contributed by atoms with E-state index in [0.717, 1.165) is 37.9 Å². The highest BCUT2D eigenvalue weighted by molar-refractivity contribution is 5.98. The summed E-state index contributed by atoms with van der Waals surface area (Å²) in [6.07, 6.45) is 5.51. The van der Waals surface area contributed by atoms with Gasteiger partial charge in [-0.15, -0.1) is 0 Å². The first-order chi connectivity index (χ1) is 12.7. The molecule has 1 aromatic rings. The normalized spacial score (nSPS) is 27.1. The molecule has 3 rings (SSSR count). The second-order valence-corrected chi connectivity index (χ2v) is 9.37. The summed E-state index contributed by atoms with van der Waals surface area (Å²) in [5.41, 5.74) is 10.3. The number of rotatable bonds is 4. The number of primary amides is 1. The van der Waals surface area contributed by atoms with Crippen LogP contribution in [0.25, 0.3) is 5.57 Å². The molecule has 0 aromatic heterocycles. The van der Waals surface area contributed by atoms with Crippen LogP contribution in [0.1, 0.15) is 81.4 Å². The van der Waals surface area contributed by atoms with Crippen molar-refractivity contribution < 1.29 is 4.79 Å². The third kappa shape index (κ3) is 4.61. The molecule has 0 spiro atoms. The van der Waals surface area contributed by atoms with E-state index in [0.29, 0.717) is 29.1 Å². The summed E-state index contributed by atoms with van der Waals surface area (Å²) >= 11 is 0. The Labute approximate surface area is 164 Å². The lowest BCUT2D eigenvalue weighted by Crippen LogP contribution is -2.54. The van der Waals surface area contributed by atoms with Gasteiger partial charge in [-0.3, -0.25) is 9.69 Å². The number of carbonyl (C=O) groups is 1. The van der Waals surface area contributed by atoms with Crippen molar-refractivity contribution in [2.75, 3.05) is 13.1 Å². The summed E-state index contributed by atoms with van der Waals surface area (Å²) in [6.45, 7) is 13.4. The molecule has 2 aliphatic rings. The van der Waals surface area contributed by atoms with Gasteiger partial charge in [-0.2, -0.15) is 0 Å². The van der Waals surface area contributed by atoms with Crippen molar-refractivity contribution in [3.63, 3.8) is 0 Å². The summed E-state index contributed by atoms with van der Waals surface area (Å²) in [5, 5.41) is 3.60. The van der Waals surface area contributed by atoms with Crippen LogP contribution in [-0.4, -0.2) is 36.0 Å². The Morgan fingerprint density at radius 3 is 2.48 bits per heavy atom. The largest absolute Gasteiger partial charge is 0.366 e. The van der Waals surface area contributed by atoms with Crippen LogP contribution in [0.15, 0.2) is 24.3 Å². The molecule has 3 N–H and O–H groups in total. The first-order valence-corrected chi connectivity index (χ1v) is 10.3. The van der Waals surface area contributed by atoms with E-state index in [-0.39, 0.29) is 5.91 Å². The van der Waals surface area contributed by atoms with Crippen molar-refractivity contribution in [1.29, 1.82) is 0 Å². The highest BCUT2D eigenvalue weighted by Crippen LogP contribution is 2.39. The molecule has 0 bridgehead atoms. The summed E-state index contributed by atoms with van der Waals surface area (Å²) in [5.74, 6) is -0.334. The number of nitrogens with zero attached hydrogens (tertiary/aromatic N) is 1. The van der Waals surface area contributed by atoms with Crippen molar-refractivity contribution >= 4 is 11.5 Å². The lowest BCUT2D eigenvalue weighted by atomic mass is 9.76. The van der Waals surface area contributed by atoms with E-state index < -0.39 is 0 Å². The van der Waals surface area contributed by atoms with Gasteiger partial charge in [-0.25, -0.2) is 0 Å². The molecule has 1 amide bonds. The Hall–Kier alpha value is -1.65. The smallest absolute Gasteiger partial charge is 0.249 e. The van der Waals surface area contributed by atoms with Crippen molar-refractivity contribution in [2.24, 2.45) is 11.1 Å². The van der Waals surface area contributed by atoms with Gasteiger partial charge >= 0.3 is 0 Å². The highest BCUT2D eigenvalue weighted by atomic mass is 16.1. The van der Waals surface area contributed by atoms with Crippen LogP contribution in [-0.2, 0) is 0 Å². The topological polar surface area (TPSA) is 58.4 Å². The first kappa shape index (κ1) is 20.1. The van der Waals surface area contributed by atoms with Gasteiger partial charge in [0.05, 0.1) is 0 Å². The van der Waals surface area contributed by atoms with Gasteiger partial charge in [0, 0.05) is 36.8 Å². The highest BCUT2D eigenvalue weighted by Gasteiger charge is 2.27. The number of allylic oxidation sites excluding steroid dienone is 2. The number of benzene rings is 1. The van der Waals surface area contributed by atoms with E-state index in [1.165, 1.54) is 11.1 Å². The first-order valence-electron chi connectivity index (χ1n) is 10.3. The molecular formula is C23H35N3O. The number of carbonyl (C=O) groups excluding carboxylic acids is 1. The zero-order valence-corrected chi connectivity index (χ0v) is 17.5. The fourth-order valence-corrected chi connectivity index (χ4v) is 4.52. The van der Waals surface area contributed by atoms with Crippen molar-refractivity contribution in [3.8, 4) is 0 Å². The van der Waals surface area contributed by atoms with Gasteiger partial charge < -0.3 is 11.1 Å². The van der Waals surface area contributed by atoms with Gasteiger partial charge in [0.15, 0.2) is 0 Å². The number of hydrogen-bond donors (Lipinski definition) is 2. The lowest BCUT2D eigenvalue weighted by Gasteiger charge is -2.40. The van der Waals surface area contributed by atoms with E-state index in [2.05, 4.69) is 63.0 Å². The molecule has 27 heavy (non-hydrogen) atoms. The number of nitrogens with two attached hydrogens (primary N) is 1. The SMILES string of the molecule is CC1CN(C(C)c2ccc(C(N)=O)c(C3=CCC(C)(C)CC3)c2)CC(C)N1. The number of amides is 1. The van der Waals surface area contributed by atoms with E-state index >= 15 is 0 Å². The van der Waals surface area contributed by atoms with Crippen molar-refractivity contribution in [2.45, 2.75) is 72.0 Å². The predicted octanol–water partition coefficient (Wildman–Crippen LogP) is 4.12. The van der Waals surface area contributed by atoms with Crippen LogP contribution in [0.3, 0.4) is 0 Å². The minimum absolute atomic E-state index is 0.318. The Morgan fingerprint density at radius 2 is 1.93 bits per heavy atom. The second kappa shape index (κ2) is 7.76. The maximum absolute atomic E-state index is 12.0. The van der Waals surface area contributed by atoms with Crippen LogP contribution >= 0.6 is 0 Å². The second-order valence-electron chi connectivity index (χ2n) is 9.37. The van der Waals surface area contributed by atoms with Crippen LogP contribution in [0.4, 0.5) is 0 Å². The summed E-state index contributed by atoms with van der Waals surface area (Å²) in [4.78, 5) is 14.6. The summed E-state index contributed by atoms with van der Waals surface area (Å²) in [6, 6.07) is 7.52. The van der Waals surface area contributed by atoms with Gasteiger partial charge in [0.25, 0.3) is 0 Å². The fourth-order valence-electron chi connectivity index (χ4n) is 4.52. The molecule has 0 saturated carbocycles. The van der Waals surface area contributed by atoms with Crippen LogP contribution < -0.4 is 11.1 Å². The van der Waals surface area contributed by atoms with Crippen LogP contribution in [0.2, 0.25) is 0 Å². The average Bonchev–Trinajstić information content (AvgIpc) is 2.59. The molecule has 148 valence electrons. The van der Waals surface area contributed by atoms with E-state index in [4.69, 9.17) is 5.73 Å². The molecule has 1 aliphatic carbocycles. The van der Waals surface area contributed by atoms with Crippen molar-refractivity contribution in [1.82, 2.24) is 10.2 Å². The summed E-state index contributed by atoms with van der Waals surface area (Å²) < 4.78 is 0. The third-order valence-electron chi connectivity index (χ3n) is 6.24. The number of hydrogen-bond acceptors (Lipinski definition) is 3. The molecule has 1 heterocycles. The van der Waals surface area contributed by atoms with Crippen molar-refractivity contribution in [3.05, 3.63) is 41.0 Å². The number of piperazine rings is 1. The molecule has 0 radical (unpaired) electrons. The molecule has 1 aromatic carbocycles. The monoisotopic (exact) mass is 369 g/mol.